The summed E-state index contributed by atoms with van der Waals surface area (Å²) in [6, 6.07) is 12.8. The Kier molecular flexibility index (Phi) is 7.07. The van der Waals surface area contributed by atoms with Crippen molar-refractivity contribution in [3.05, 3.63) is 59.5 Å². The molecule has 1 aliphatic heterocycles. The van der Waals surface area contributed by atoms with Crippen molar-refractivity contribution in [2.45, 2.75) is 45.3 Å². The summed E-state index contributed by atoms with van der Waals surface area (Å²) in [4.78, 5) is 17.0. The van der Waals surface area contributed by atoms with E-state index in [4.69, 9.17) is 9.15 Å². The van der Waals surface area contributed by atoms with Gasteiger partial charge in [0.25, 0.3) is 0 Å². The third-order valence-corrected chi connectivity index (χ3v) is 5.25. The second-order valence-corrected chi connectivity index (χ2v) is 7.24. The number of hydrogen-bond acceptors (Lipinski definition) is 5. The van der Waals surface area contributed by atoms with Gasteiger partial charge in [0, 0.05) is 19.1 Å². The molecule has 0 aliphatic carbocycles. The Morgan fingerprint density at radius 1 is 1.30 bits per heavy atom. The maximum Gasteiger partial charge on any atom is 0.341 e. The lowest BCUT2D eigenvalue weighted by Crippen LogP contribution is -2.47. The highest BCUT2D eigenvalue weighted by atomic mass is 16.5. The van der Waals surface area contributed by atoms with E-state index in [1.54, 1.807) is 12.3 Å². The van der Waals surface area contributed by atoms with Crippen LogP contribution in [0.25, 0.3) is 0 Å². The van der Waals surface area contributed by atoms with Gasteiger partial charge in [0.1, 0.15) is 11.3 Å². The van der Waals surface area contributed by atoms with Crippen molar-refractivity contribution < 1.29 is 13.9 Å². The summed E-state index contributed by atoms with van der Waals surface area (Å²) in [7, 11) is 1.41. The van der Waals surface area contributed by atoms with Crippen LogP contribution in [-0.2, 0) is 17.8 Å². The molecule has 0 spiro atoms. The van der Waals surface area contributed by atoms with Gasteiger partial charge in [-0.15, -0.1) is 0 Å². The lowest BCUT2D eigenvalue weighted by molar-refractivity contribution is 0.0588. The Morgan fingerprint density at radius 2 is 2.11 bits per heavy atom. The van der Waals surface area contributed by atoms with E-state index in [9.17, 15) is 4.79 Å². The predicted octanol–water partition coefficient (Wildman–Crippen LogP) is 3.94. The highest BCUT2D eigenvalue weighted by molar-refractivity contribution is 5.90. The van der Waals surface area contributed by atoms with Crippen molar-refractivity contribution >= 4 is 5.97 Å². The van der Waals surface area contributed by atoms with Gasteiger partial charge in [-0.25, -0.2) is 4.79 Å². The van der Waals surface area contributed by atoms with Gasteiger partial charge in [0.2, 0.25) is 0 Å². The van der Waals surface area contributed by atoms with Crippen LogP contribution in [0, 0.1) is 0 Å². The number of esters is 1. The fourth-order valence-electron chi connectivity index (χ4n) is 3.93. The SMILES string of the molecule is CCCN(Cc1occc1C(=O)OC)C1CCCN(Cc2ccccc2)C1. The average Bonchev–Trinajstić information content (AvgIpc) is 3.16. The molecule has 0 saturated carbocycles. The summed E-state index contributed by atoms with van der Waals surface area (Å²) in [6.45, 7) is 7.01. The second-order valence-electron chi connectivity index (χ2n) is 7.24. The summed E-state index contributed by atoms with van der Waals surface area (Å²) in [5, 5.41) is 0. The number of furan rings is 1. The van der Waals surface area contributed by atoms with E-state index < -0.39 is 0 Å². The van der Waals surface area contributed by atoms with E-state index in [-0.39, 0.29) is 5.97 Å². The van der Waals surface area contributed by atoms with Crippen molar-refractivity contribution in [2.24, 2.45) is 0 Å². The Balaban J connectivity index is 1.67. The minimum Gasteiger partial charge on any atom is -0.467 e. The third kappa shape index (κ3) is 5.21. The van der Waals surface area contributed by atoms with Crippen molar-refractivity contribution in [1.82, 2.24) is 9.80 Å². The molecular weight excluding hydrogens is 340 g/mol. The molecule has 2 heterocycles. The molecule has 1 aromatic heterocycles. The summed E-state index contributed by atoms with van der Waals surface area (Å²) in [6.07, 6.45) is 5.02. The van der Waals surface area contributed by atoms with Crippen LogP contribution in [0.15, 0.2) is 47.1 Å². The molecule has 146 valence electrons. The first-order valence-electron chi connectivity index (χ1n) is 9.86. The minimum absolute atomic E-state index is 0.329. The summed E-state index contributed by atoms with van der Waals surface area (Å²) in [5.74, 6) is 0.375. The van der Waals surface area contributed by atoms with E-state index in [1.807, 2.05) is 0 Å². The number of likely N-dealkylation sites (tertiary alicyclic amines) is 1. The molecule has 3 rings (SSSR count). The zero-order chi connectivity index (χ0) is 19.1. The van der Waals surface area contributed by atoms with Gasteiger partial charge in [-0.05, 0) is 44.0 Å². The summed E-state index contributed by atoms with van der Waals surface area (Å²) < 4.78 is 10.5. The number of carbonyl (C=O) groups is 1. The fraction of sp³-hybridized carbons (Fsp3) is 0.500. The van der Waals surface area contributed by atoms with E-state index in [0.29, 0.717) is 23.9 Å². The Labute approximate surface area is 161 Å². The zero-order valence-electron chi connectivity index (χ0n) is 16.4. The molecule has 0 amide bonds. The molecule has 1 unspecified atom stereocenters. The molecule has 1 aliphatic rings. The fourth-order valence-corrected chi connectivity index (χ4v) is 3.93. The monoisotopic (exact) mass is 370 g/mol. The molecule has 1 fully saturated rings. The molecule has 5 nitrogen and oxygen atoms in total. The van der Waals surface area contributed by atoms with Crippen LogP contribution >= 0.6 is 0 Å². The molecule has 0 radical (unpaired) electrons. The maximum atomic E-state index is 12.0. The topological polar surface area (TPSA) is 45.9 Å². The van der Waals surface area contributed by atoms with Crippen molar-refractivity contribution in [1.29, 1.82) is 0 Å². The van der Waals surface area contributed by atoms with Crippen molar-refractivity contribution in [3.8, 4) is 0 Å². The highest BCUT2D eigenvalue weighted by Gasteiger charge is 2.27. The number of carbonyl (C=O) groups excluding carboxylic acids is 1. The molecule has 2 aromatic rings. The van der Waals surface area contributed by atoms with E-state index >= 15 is 0 Å². The molecule has 1 atom stereocenters. The quantitative estimate of drug-likeness (QED) is 0.659. The minimum atomic E-state index is -0.329. The molecule has 5 heteroatoms. The summed E-state index contributed by atoms with van der Waals surface area (Å²) >= 11 is 0. The maximum absolute atomic E-state index is 12.0. The van der Waals surface area contributed by atoms with Crippen LogP contribution in [0.1, 0.15) is 47.9 Å². The van der Waals surface area contributed by atoms with E-state index in [1.165, 1.54) is 25.5 Å². The van der Waals surface area contributed by atoms with Crippen LogP contribution in [0.4, 0.5) is 0 Å². The van der Waals surface area contributed by atoms with Gasteiger partial charge < -0.3 is 9.15 Å². The Morgan fingerprint density at radius 3 is 2.85 bits per heavy atom. The van der Waals surface area contributed by atoms with Crippen LogP contribution in [0.5, 0.6) is 0 Å². The highest BCUT2D eigenvalue weighted by Crippen LogP contribution is 2.22. The zero-order valence-corrected chi connectivity index (χ0v) is 16.4. The number of rotatable bonds is 8. The lowest BCUT2D eigenvalue weighted by Gasteiger charge is -2.39. The van der Waals surface area contributed by atoms with Gasteiger partial charge >= 0.3 is 5.97 Å². The van der Waals surface area contributed by atoms with Crippen LogP contribution in [0.3, 0.4) is 0 Å². The summed E-state index contributed by atoms with van der Waals surface area (Å²) in [5.41, 5.74) is 1.90. The van der Waals surface area contributed by atoms with Gasteiger partial charge in [-0.1, -0.05) is 37.3 Å². The second kappa shape index (κ2) is 9.72. The normalized spacial score (nSPS) is 18.0. The van der Waals surface area contributed by atoms with E-state index in [2.05, 4.69) is 47.1 Å². The number of ether oxygens (including phenoxy) is 1. The van der Waals surface area contributed by atoms with Crippen molar-refractivity contribution in [2.75, 3.05) is 26.7 Å². The van der Waals surface area contributed by atoms with Gasteiger partial charge in [0.15, 0.2) is 0 Å². The van der Waals surface area contributed by atoms with Crippen LogP contribution in [0.2, 0.25) is 0 Å². The smallest absolute Gasteiger partial charge is 0.341 e. The van der Waals surface area contributed by atoms with Gasteiger partial charge in [-0.2, -0.15) is 0 Å². The molecule has 1 saturated heterocycles. The first-order chi connectivity index (χ1) is 13.2. The van der Waals surface area contributed by atoms with Crippen LogP contribution in [-0.4, -0.2) is 48.6 Å². The first-order valence-corrected chi connectivity index (χ1v) is 9.86. The largest absolute Gasteiger partial charge is 0.467 e. The predicted molar refractivity (Wildman–Crippen MR) is 105 cm³/mol. The number of benzene rings is 1. The Hall–Kier alpha value is -2.11. The van der Waals surface area contributed by atoms with Gasteiger partial charge in [-0.3, -0.25) is 9.80 Å². The molecule has 1 aromatic carbocycles. The lowest BCUT2D eigenvalue weighted by atomic mass is 10.0. The first kappa shape index (κ1) is 19.6. The number of nitrogens with zero attached hydrogens (tertiary/aromatic N) is 2. The number of hydrogen-bond donors (Lipinski definition) is 0. The van der Waals surface area contributed by atoms with Crippen molar-refractivity contribution in [3.63, 3.8) is 0 Å². The number of methoxy groups -OCH3 is 1. The van der Waals surface area contributed by atoms with Gasteiger partial charge in [0.05, 0.1) is 19.9 Å². The number of piperidine rings is 1. The van der Waals surface area contributed by atoms with E-state index in [0.717, 1.165) is 32.6 Å². The standard InChI is InChI=1S/C22H30N2O3/c1-3-12-24(17-21-20(11-14-27-21)22(25)26-2)19-10-7-13-23(16-19)15-18-8-5-4-6-9-18/h4-6,8-9,11,14,19H,3,7,10,12-13,15-17H2,1-2H3. The molecule has 0 bridgehead atoms. The molecular formula is C22H30N2O3. The molecule has 27 heavy (non-hydrogen) atoms. The average molecular weight is 370 g/mol. The Bertz CT molecular complexity index is 713. The van der Waals surface area contributed by atoms with Crippen LogP contribution < -0.4 is 0 Å². The molecule has 0 N–H and O–H groups in total. The third-order valence-electron chi connectivity index (χ3n) is 5.25.